The van der Waals surface area contributed by atoms with Crippen molar-refractivity contribution in [3.63, 3.8) is 0 Å². The summed E-state index contributed by atoms with van der Waals surface area (Å²) in [5, 5.41) is 0.452. The monoisotopic (exact) mass is 342 g/mol. The lowest BCUT2D eigenvalue weighted by atomic mass is 10.0. The Labute approximate surface area is 138 Å². The first-order chi connectivity index (χ1) is 10.2. The fourth-order valence-electron chi connectivity index (χ4n) is 2.64. The molecular weight excluding hydrogens is 312 g/mol. The average Bonchev–Trinajstić information content (AvgIpc) is 2.44. The fourth-order valence-corrected chi connectivity index (χ4v) is 4.92. The number of unbranched alkanes of at least 4 members (excludes halogenated alkanes) is 4. The second kappa shape index (κ2) is 8.84. The van der Waals surface area contributed by atoms with E-state index in [1.54, 1.807) is 0 Å². The average molecular weight is 343 g/mol. The van der Waals surface area contributed by atoms with E-state index in [2.05, 4.69) is 20.8 Å². The van der Waals surface area contributed by atoms with Gasteiger partial charge in [0.15, 0.2) is 0 Å². The van der Waals surface area contributed by atoms with Crippen LogP contribution < -0.4 is 0 Å². The minimum Gasteiger partial charge on any atom is -0.282 e. The van der Waals surface area contributed by atoms with Crippen molar-refractivity contribution in [3.05, 3.63) is 29.8 Å². The van der Waals surface area contributed by atoms with Crippen molar-refractivity contribution < 1.29 is 13.0 Å². The molecular formula is C17H30O3SSi. The lowest BCUT2D eigenvalue weighted by molar-refractivity contribution is 0.483. The molecule has 126 valence electrons. The Morgan fingerprint density at radius 3 is 2.18 bits per heavy atom. The lowest BCUT2D eigenvalue weighted by Crippen LogP contribution is -2.15. The van der Waals surface area contributed by atoms with E-state index in [1.807, 2.05) is 12.1 Å². The molecule has 1 rings (SSSR count). The molecule has 0 aliphatic carbocycles. The maximum absolute atomic E-state index is 11.0. The van der Waals surface area contributed by atoms with Gasteiger partial charge in [-0.05, 0) is 23.2 Å². The van der Waals surface area contributed by atoms with Crippen LogP contribution in [0.15, 0.2) is 29.2 Å². The molecule has 0 heterocycles. The predicted octanol–water partition coefficient (Wildman–Crippen LogP) is 4.16. The van der Waals surface area contributed by atoms with E-state index in [0.29, 0.717) is 5.04 Å². The van der Waals surface area contributed by atoms with Crippen LogP contribution in [0, 0.1) is 0 Å². The molecule has 0 radical (unpaired) electrons. The zero-order valence-electron chi connectivity index (χ0n) is 14.1. The van der Waals surface area contributed by atoms with E-state index in [9.17, 15) is 8.42 Å². The molecule has 1 N–H and O–H groups in total. The van der Waals surface area contributed by atoms with Crippen molar-refractivity contribution in [2.75, 3.05) is 0 Å². The molecule has 1 aromatic rings. The molecule has 0 saturated heterocycles. The first kappa shape index (κ1) is 19.4. The highest BCUT2D eigenvalue weighted by molar-refractivity contribution is 7.85. The number of benzene rings is 1. The molecule has 0 fully saturated rings. The van der Waals surface area contributed by atoms with Gasteiger partial charge >= 0.3 is 0 Å². The lowest BCUT2D eigenvalue weighted by Gasteiger charge is -2.24. The van der Waals surface area contributed by atoms with Crippen LogP contribution in [0.5, 0.6) is 0 Å². The molecule has 0 atom stereocenters. The molecule has 1 aromatic carbocycles. The van der Waals surface area contributed by atoms with Crippen molar-refractivity contribution in [1.29, 1.82) is 0 Å². The highest BCUT2D eigenvalue weighted by Gasteiger charge is 2.18. The van der Waals surface area contributed by atoms with Gasteiger partial charge < -0.3 is 0 Å². The Balaban J connectivity index is 2.40. The van der Waals surface area contributed by atoms with Gasteiger partial charge in [-0.1, -0.05) is 77.0 Å². The standard InChI is InChI=1S/C17H30O3SSi/c1-4-5-6-7-8-13-17(2,3)22-14-15-9-11-16(12-10-15)21(18,19)20/h9-12H,4-8,13-14,22H2,1-3H3,(H,18,19,20). The van der Waals surface area contributed by atoms with Crippen molar-refractivity contribution in [1.82, 2.24) is 0 Å². The largest absolute Gasteiger partial charge is 0.294 e. The topological polar surface area (TPSA) is 54.4 Å². The molecule has 5 heteroatoms. The number of hydrogen-bond acceptors (Lipinski definition) is 2. The van der Waals surface area contributed by atoms with Crippen LogP contribution in [-0.4, -0.2) is 22.5 Å². The molecule has 0 saturated carbocycles. The molecule has 0 aromatic heterocycles. The Morgan fingerprint density at radius 1 is 1.05 bits per heavy atom. The summed E-state index contributed by atoms with van der Waals surface area (Å²) in [6.45, 7) is 6.97. The quantitative estimate of drug-likeness (QED) is 0.394. The minimum atomic E-state index is -4.07. The van der Waals surface area contributed by atoms with E-state index in [-0.39, 0.29) is 14.4 Å². The molecule has 0 amide bonds. The van der Waals surface area contributed by atoms with Gasteiger partial charge in [-0.15, -0.1) is 0 Å². The minimum absolute atomic E-state index is 0.0203. The molecule has 22 heavy (non-hydrogen) atoms. The maximum Gasteiger partial charge on any atom is 0.294 e. The van der Waals surface area contributed by atoms with E-state index in [1.165, 1.54) is 56.2 Å². The second-order valence-electron chi connectivity index (χ2n) is 6.95. The summed E-state index contributed by atoms with van der Waals surface area (Å²) in [5.74, 6) is 0. The third-order valence-corrected chi connectivity index (χ3v) is 7.67. The van der Waals surface area contributed by atoms with Crippen LogP contribution in [0.4, 0.5) is 0 Å². The highest BCUT2D eigenvalue weighted by atomic mass is 32.2. The van der Waals surface area contributed by atoms with Crippen LogP contribution in [0.1, 0.15) is 64.9 Å². The molecule has 0 aliphatic rings. The van der Waals surface area contributed by atoms with Gasteiger partial charge in [0.05, 0.1) is 4.90 Å². The summed E-state index contributed by atoms with van der Waals surface area (Å²) in [7, 11) is -4.33. The number of hydrogen-bond donors (Lipinski definition) is 1. The van der Waals surface area contributed by atoms with Crippen LogP contribution in [-0.2, 0) is 16.2 Å². The normalized spacial score (nSPS) is 13.1. The van der Waals surface area contributed by atoms with Crippen molar-refractivity contribution >= 4 is 19.6 Å². The van der Waals surface area contributed by atoms with Gasteiger partial charge in [-0.2, -0.15) is 8.42 Å². The summed E-state index contributed by atoms with van der Waals surface area (Å²) in [4.78, 5) is -0.0203. The zero-order chi connectivity index (χ0) is 16.6. The van der Waals surface area contributed by atoms with Gasteiger partial charge in [0.2, 0.25) is 0 Å². The first-order valence-electron chi connectivity index (χ1n) is 8.31. The summed E-state index contributed by atoms with van der Waals surface area (Å²) in [6.07, 6.45) is 7.95. The molecule has 0 spiro atoms. The van der Waals surface area contributed by atoms with Crippen molar-refractivity contribution in [2.24, 2.45) is 0 Å². The summed E-state index contributed by atoms with van der Waals surface area (Å²) in [5.41, 5.74) is 1.18. The van der Waals surface area contributed by atoms with E-state index in [0.717, 1.165) is 6.04 Å². The number of rotatable bonds is 10. The summed E-state index contributed by atoms with van der Waals surface area (Å²) < 4.78 is 31.0. The third kappa shape index (κ3) is 7.56. The third-order valence-electron chi connectivity index (χ3n) is 4.27. The van der Waals surface area contributed by atoms with Crippen LogP contribution in [0.25, 0.3) is 0 Å². The molecule has 3 nitrogen and oxygen atoms in total. The SMILES string of the molecule is CCCCCCCC(C)(C)[SiH2]Cc1ccc(S(=O)(=O)O)cc1. The van der Waals surface area contributed by atoms with Gasteiger partial charge in [0.1, 0.15) is 0 Å². The van der Waals surface area contributed by atoms with E-state index < -0.39 is 10.1 Å². The Morgan fingerprint density at radius 2 is 1.64 bits per heavy atom. The predicted molar refractivity (Wildman–Crippen MR) is 95.9 cm³/mol. The van der Waals surface area contributed by atoms with Crippen molar-refractivity contribution in [2.45, 2.75) is 75.3 Å². The first-order valence-corrected chi connectivity index (χ1v) is 11.5. The van der Waals surface area contributed by atoms with Crippen LogP contribution in [0.3, 0.4) is 0 Å². The van der Waals surface area contributed by atoms with E-state index >= 15 is 0 Å². The van der Waals surface area contributed by atoms with Gasteiger partial charge in [-0.25, -0.2) is 0 Å². The summed E-state index contributed by atoms with van der Waals surface area (Å²) >= 11 is 0. The second-order valence-corrected chi connectivity index (χ2v) is 11.3. The summed E-state index contributed by atoms with van der Waals surface area (Å²) in [6, 6.07) is 7.72. The fraction of sp³-hybridized carbons (Fsp3) is 0.647. The Kier molecular flexibility index (Phi) is 7.80. The van der Waals surface area contributed by atoms with E-state index in [4.69, 9.17) is 4.55 Å². The van der Waals surface area contributed by atoms with Gasteiger partial charge in [-0.3, -0.25) is 4.55 Å². The highest BCUT2D eigenvalue weighted by Crippen LogP contribution is 2.31. The molecule has 0 aliphatic heterocycles. The van der Waals surface area contributed by atoms with Gasteiger partial charge in [0.25, 0.3) is 10.1 Å². The Bertz CT molecular complexity index is 536. The molecule has 0 unspecified atom stereocenters. The molecule has 0 bridgehead atoms. The smallest absolute Gasteiger partial charge is 0.282 e. The van der Waals surface area contributed by atoms with Crippen LogP contribution in [0.2, 0.25) is 5.04 Å². The van der Waals surface area contributed by atoms with Crippen LogP contribution >= 0.6 is 0 Å². The van der Waals surface area contributed by atoms with Gasteiger partial charge in [0, 0.05) is 9.52 Å². The maximum atomic E-state index is 11.0. The zero-order valence-corrected chi connectivity index (χ0v) is 16.4. The Hall–Kier alpha value is -0.653. The van der Waals surface area contributed by atoms with Crippen molar-refractivity contribution in [3.8, 4) is 0 Å².